The van der Waals surface area contributed by atoms with E-state index in [0.29, 0.717) is 10.1 Å². The van der Waals surface area contributed by atoms with Gasteiger partial charge in [-0.15, -0.1) is 11.3 Å². The van der Waals surface area contributed by atoms with E-state index in [0.717, 1.165) is 4.88 Å². The normalized spacial score (nSPS) is 10.8. The SMILES string of the molecule is Cc1cc2c(F)ccc(O)c2s1. The summed E-state index contributed by atoms with van der Waals surface area (Å²) in [5.41, 5.74) is 0. The Morgan fingerprint density at radius 3 is 2.83 bits per heavy atom. The summed E-state index contributed by atoms with van der Waals surface area (Å²) in [6.07, 6.45) is 0. The van der Waals surface area contributed by atoms with Gasteiger partial charge in [0.05, 0.1) is 4.70 Å². The maximum atomic E-state index is 13.1. The molecule has 1 nitrogen and oxygen atoms in total. The van der Waals surface area contributed by atoms with Crippen molar-refractivity contribution in [3.8, 4) is 5.75 Å². The fourth-order valence-electron chi connectivity index (χ4n) is 1.20. The molecule has 12 heavy (non-hydrogen) atoms. The van der Waals surface area contributed by atoms with Gasteiger partial charge >= 0.3 is 0 Å². The largest absolute Gasteiger partial charge is 0.506 e. The fourth-order valence-corrected chi connectivity index (χ4v) is 2.14. The van der Waals surface area contributed by atoms with Gasteiger partial charge in [0, 0.05) is 10.3 Å². The number of halogens is 1. The van der Waals surface area contributed by atoms with E-state index >= 15 is 0 Å². The minimum atomic E-state index is -0.271. The first-order valence-electron chi connectivity index (χ1n) is 3.56. The third kappa shape index (κ3) is 0.975. The maximum Gasteiger partial charge on any atom is 0.133 e. The fraction of sp³-hybridized carbons (Fsp3) is 0.111. The quantitative estimate of drug-likeness (QED) is 0.663. The first-order chi connectivity index (χ1) is 5.68. The first-order valence-corrected chi connectivity index (χ1v) is 4.38. The highest BCUT2D eigenvalue weighted by Crippen LogP contribution is 2.33. The zero-order valence-corrected chi connectivity index (χ0v) is 7.28. The number of hydrogen-bond donors (Lipinski definition) is 1. The van der Waals surface area contributed by atoms with Crippen molar-refractivity contribution in [3.05, 3.63) is 28.9 Å². The molecule has 0 aliphatic carbocycles. The van der Waals surface area contributed by atoms with Gasteiger partial charge in [0.1, 0.15) is 11.6 Å². The lowest BCUT2D eigenvalue weighted by atomic mass is 10.2. The Hall–Kier alpha value is -1.09. The molecule has 0 atom stereocenters. The molecule has 1 aromatic carbocycles. The Morgan fingerprint density at radius 2 is 2.17 bits per heavy atom. The molecule has 0 fully saturated rings. The summed E-state index contributed by atoms with van der Waals surface area (Å²) in [7, 11) is 0. The molecule has 2 aromatic rings. The Balaban J connectivity index is 2.93. The van der Waals surface area contributed by atoms with Gasteiger partial charge in [-0.05, 0) is 25.1 Å². The molecule has 1 heterocycles. The molecule has 0 aliphatic rings. The molecule has 3 heteroatoms. The molecule has 62 valence electrons. The molecule has 0 spiro atoms. The van der Waals surface area contributed by atoms with E-state index in [4.69, 9.17) is 0 Å². The van der Waals surface area contributed by atoms with E-state index in [-0.39, 0.29) is 11.6 Å². The standard InChI is InChI=1S/C9H7FOS/c1-5-4-6-7(10)2-3-8(11)9(6)12-5/h2-4,11H,1H3. The second kappa shape index (κ2) is 2.45. The number of phenolic OH excluding ortho intramolecular Hbond substituents is 1. The summed E-state index contributed by atoms with van der Waals surface area (Å²) >= 11 is 1.40. The van der Waals surface area contributed by atoms with E-state index in [1.807, 2.05) is 6.92 Å². The summed E-state index contributed by atoms with van der Waals surface area (Å²) in [6.45, 7) is 1.89. The van der Waals surface area contributed by atoms with Crippen molar-refractivity contribution in [1.29, 1.82) is 0 Å². The summed E-state index contributed by atoms with van der Waals surface area (Å²) in [5.74, 6) is -0.114. The summed E-state index contributed by atoms with van der Waals surface area (Å²) in [6, 6.07) is 4.41. The monoisotopic (exact) mass is 182 g/mol. The minimum Gasteiger partial charge on any atom is -0.506 e. The molecule has 0 radical (unpaired) electrons. The van der Waals surface area contributed by atoms with Gasteiger partial charge in [-0.2, -0.15) is 0 Å². The number of hydrogen-bond acceptors (Lipinski definition) is 2. The van der Waals surface area contributed by atoms with Gasteiger partial charge in [0.2, 0.25) is 0 Å². The van der Waals surface area contributed by atoms with Crippen molar-refractivity contribution in [1.82, 2.24) is 0 Å². The predicted octanol–water partition coefficient (Wildman–Crippen LogP) is 3.05. The smallest absolute Gasteiger partial charge is 0.133 e. The number of fused-ring (bicyclic) bond motifs is 1. The number of thiophene rings is 1. The van der Waals surface area contributed by atoms with Gasteiger partial charge in [-0.25, -0.2) is 4.39 Å². The van der Waals surface area contributed by atoms with Crippen LogP contribution in [0, 0.1) is 12.7 Å². The van der Waals surface area contributed by atoms with Crippen LogP contribution < -0.4 is 0 Å². The Kier molecular flexibility index (Phi) is 1.54. The molecular formula is C9H7FOS. The highest BCUT2D eigenvalue weighted by Gasteiger charge is 2.07. The molecular weight excluding hydrogens is 175 g/mol. The lowest BCUT2D eigenvalue weighted by Crippen LogP contribution is -1.73. The van der Waals surface area contributed by atoms with Crippen LogP contribution in [0.2, 0.25) is 0 Å². The van der Waals surface area contributed by atoms with Crippen molar-refractivity contribution >= 4 is 21.4 Å². The van der Waals surface area contributed by atoms with E-state index in [1.165, 1.54) is 23.5 Å². The van der Waals surface area contributed by atoms with E-state index in [9.17, 15) is 9.50 Å². The van der Waals surface area contributed by atoms with Gasteiger partial charge in [0.15, 0.2) is 0 Å². The Labute approximate surface area is 73.1 Å². The second-order valence-electron chi connectivity index (χ2n) is 2.67. The highest BCUT2D eigenvalue weighted by molar-refractivity contribution is 7.19. The van der Waals surface area contributed by atoms with Crippen LogP contribution in [0.1, 0.15) is 4.88 Å². The van der Waals surface area contributed by atoms with Gasteiger partial charge in [-0.1, -0.05) is 0 Å². The van der Waals surface area contributed by atoms with Crippen molar-refractivity contribution < 1.29 is 9.50 Å². The molecule has 1 N–H and O–H groups in total. The van der Waals surface area contributed by atoms with Gasteiger partial charge in [-0.3, -0.25) is 0 Å². The van der Waals surface area contributed by atoms with Gasteiger partial charge in [0.25, 0.3) is 0 Å². The van der Waals surface area contributed by atoms with Crippen LogP contribution >= 0.6 is 11.3 Å². The predicted molar refractivity (Wildman–Crippen MR) is 48.2 cm³/mol. The Bertz CT molecular complexity index is 394. The topological polar surface area (TPSA) is 20.2 Å². The van der Waals surface area contributed by atoms with Gasteiger partial charge < -0.3 is 5.11 Å². The van der Waals surface area contributed by atoms with Crippen LogP contribution in [-0.4, -0.2) is 5.11 Å². The van der Waals surface area contributed by atoms with Crippen molar-refractivity contribution in [2.24, 2.45) is 0 Å². The Morgan fingerprint density at radius 1 is 1.42 bits per heavy atom. The lowest BCUT2D eigenvalue weighted by molar-refractivity contribution is 0.481. The summed E-state index contributed by atoms with van der Waals surface area (Å²) in [5, 5.41) is 9.86. The molecule has 0 amide bonds. The average Bonchev–Trinajstić information content (AvgIpc) is 2.41. The van der Waals surface area contributed by atoms with Crippen LogP contribution in [0.5, 0.6) is 5.75 Å². The molecule has 0 aliphatic heterocycles. The van der Waals surface area contributed by atoms with Crippen LogP contribution in [0.15, 0.2) is 18.2 Å². The van der Waals surface area contributed by atoms with Crippen molar-refractivity contribution in [2.45, 2.75) is 6.92 Å². The van der Waals surface area contributed by atoms with E-state index in [2.05, 4.69) is 0 Å². The molecule has 0 saturated carbocycles. The number of aromatic hydroxyl groups is 1. The molecule has 2 rings (SSSR count). The third-order valence-electron chi connectivity index (χ3n) is 1.73. The minimum absolute atomic E-state index is 0.157. The van der Waals surface area contributed by atoms with Crippen molar-refractivity contribution in [2.75, 3.05) is 0 Å². The number of phenols is 1. The van der Waals surface area contributed by atoms with Crippen molar-refractivity contribution in [3.63, 3.8) is 0 Å². The molecule has 0 saturated heterocycles. The van der Waals surface area contributed by atoms with E-state index in [1.54, 1.807) is 6.07 Å². The molecule has 1 aromatic heterocycles. The summed E-state index contributed by atoms with van der Waals surface area (Å²) < 4.78 is 13.7. The van der Waals surface area contributed by atoms with E-state index < -0.39 is 0 Å². The van der Waals surface area contributed by atoms with Crippen LogP contribution in [-0.2, 0) is 0 Å². The number of benzene rings is 1. The van der Waals surface area contributed by atoms with Crippen LogP contribution in [0.25, 0.3) is 10.1 Å². The molecule has 0 bridgehead atoms. The molecule has 0 unspecified atom stereocenters. The zero-order chi connectivity index (χ0) is 8.72. The average molecular weight is 182 g/mol. The summed E-state index contributed by atoms with van der Waals surface area (Å²) in [4.78, 5) is 1.01. The maximum absolute atomic E-state index is 13.1. The third-order valence-corrected chi connectivity index (χ3v) is 2.81. The zero-order valence-electron chi connectivity index (χ0n) is 6.47. The number of rotatable bonds is 0. The van der Waals surface area contributed by atoms with Crippen LogP contribution in [0.4, 0.5) is 4.39 Å². The van der Waals surface area contributed by atoms with Crippen LogP contribution in [0.3, 0.4) is 0 Å². The number of aryl methyl sites for hydroxylation is 1. The second-order valence-corrected chi connectivity index (χ2v) is 3.92. The first kappa shape index (κ1) is 7.55. The highest BCUT2D eigenvalue weighted by atomic mass is 32.1. The lowest BCUT2D eigenvalue weighted by Gasteiger charge is -1.93.